The van der Waals surface area contributed by atoms with E-state index in [0.717, 1.165) is 31.7 Å². The monoisotopic (exact) mass is 282 g/mol. The number of nitrogens with zero attached hydrogens (tertiary/aromatic N) is 1. The summed E-state index contributed by atoms with van der Waals surface area (Å²) in [7, 11) is 0. The van der Waals surface area contributed by atoms with Crippen LogP contribution in [0.4, 0.5) is 0 Å². The number of aryl methyl sites for hydroxylation is 1. The van der Waals surface area contributed by atoms with Crippen molar-refractivity contribution in [2.75, 3.05) is 26.2 Å². The Morgan fingerprint density at radius 2 is 2.11 bits per heavy atom. The lowest BCUT2D eigenvalue weighted by Gasteiger charge is -2.29. The molecule has 104 valence electrons. The Labute approximate surface area is 118 Å². The van der Waals surface area contributed by atoms with Gasteiger partial charge < -0.3 is 15.0 Å². The molecule has 0 aliphatic carbocycles. The predicted molar refractivity (Wildman–Crippen MR) is 75.7 cm³/mol. The first-order valence-corrected chi connectivity index (χ1v) is 6.88. The van der Waals surface area contributed by atoms with Crippen LogP contribution >= 0.6 is 11.6 Å². The molecule has 1 fully saturated rings. The van der Waals surface area contributed by atoms with Gasteiger partial charge in [0.05, 0.1) is 0 Å². The minimum Gasteiger partial charge on any atom is -0.481 e. The third-order valence-electron chi connectivity index (χ3n) is 3.22. The standard InChI is InChI=1S/C14H19ClN2O2/c1-10-9-12(3-4-13(10)15)19-11(2)14(18)17-7-5-16-6-8-17/h3-4,9,11,16H,5-8H2,1-2H3. The summed E-state index contributed by atoms with van der Waals surface area (Å²) < 4.78 is 5.69. The molecular weight excluding hydrogens is 264 g/mol. The Bertz CT molecular complexity index is 459. The summed E-state index contributed by atoms with van der Waals surface area (Å²) in [5.41, 5.74) is 0.945. The first-order valence-electron chi connectivity index (χ1n) is 6.50. The number of hydrogen-bond acceptors (Lipinski definition) is 3. The Morgan fingerprint density at radius 1 is 1.42 bits per heavy atom. The summed E-state index contributed by atoms with van der Waals surface area (Å²) in [6.07, 6.45) is -0.473. The molecule has 1 saturated heterocycles. The summed E-state index contributed by atoms with van der Waals surface area (Å²) >= 11 is 5.96. The highest BCUT2D eigenvalue weighted by atomic mass is 35.5. The fourth-order valence-electron chi connectivity index (χ4n) is 2.09. The maximum atomic E-state index is 12.2. The number of benzene rings is 1. The molecule has 1 atom stereocenters. The van der Waals surface area contributed by atoms with Crippen LogP contribution in [0.5, 0.6) is 5.75 Å². The summed E-state index contributed by atoms with van der Waals surface area (Å²) in [6, 6.07) is 5.43. The lowest BCUT2D eigenvalue weighted by molar-refractivity contribution is -0.138. The largest absolute Gasteiger partial charge is 0.481 e. The second-order valence-corrected chi connectivity index (χ2v) is 5.15. The van der Waals surface area contributed by atoms with Crippen LogP contribution in [-0.4, -0.2) is 43.1 Å². The summed E-state index contributed by atoms with van der Waals surface area (Å²) in [5.74, 6) is 0.715. The second-order valence-electron chi connectivity index (χ2n) is 4.75. The van der Waals surface area contributed by atoms with Gasteiger partial charge in [-0.05, 0) is 37.6 Å². The maximum Gasteiger partial charge on any atom is 0.263 e. The van der Waals surface area contributed by atoms with E-state index in [0.29, 0.717) is 10.8 Å². The van der Waals surface area contributed by atoms with Gasteiger partial charge in [-0.3, -0.25) is 4.79 Å². The normalized spacial score (nSPS) is 17.1. The van der Waals surface area contributed by atoms with E-state index < -0.39 is 6.10 Å². The third-order valence-corrected chi connectivity index (χ3v) is 3.64. The zero-order valence-corrected chi connectivity index (χ0v) is 12.0. The molecule has 1 amide bonds. The molecule has 1 heterocycles. The molecule has 1 aromatic carbocycles. The van der Waals surface area contributed by atoms with Crippen molar-refractivity contribution < 1.29 is 9.53 Å². The van der Waals surface area contributed by atoms with Crippen molar-refractivity contribution in [1.82, 2.24) is 10.2 Å². The Hall–Kier alpha value is -1.26. The highest BCUT2D eigenvalue weighted by molar-refractivity contribution is 6.31. The van der Waals surface area contributed by atoms with Crippen molar-refractivity contribution >= 4 is 17.5 Å². The third kappa shape index (κ3) is 3.61. The molecule has 2 rings (SSSR count). The minimum atomic E-state index is -0.473. The quantitative estimate of drug-likeness (QED) is 0.920. The van der Waals surface area contributed by atoms with Crippen LogP contribution in [0.2, 0.25) is 5.02 Å². The highest BCUT2D eigenvalue weighted by Gasteiger charge is 2.23. The van der Waals surface area contributed by atoms with Gasteiger partial charge in [0.2, 0.25) is 0 Å². The van der Waals surface area contributed by atoms with Gasteiger partial charge in [-0.15, -0.1) is 0 Å². The summed E-state index contributed by atoms with van der Waals surface area (Å²) in [4.78, 5) is 14.0. The fourth-order valence-corrected chi connectivity index (χ4v) is 2.20. The van der Waals surface area contributed by atoms with Gasteiger partial charge in [-0.1, -0.05) is 11.6 Å². The van der Waals surface area contributed by atoms with E-state index in [9.17, 15) is 4.79 Å². The predicted octanol–water partition coefficient (Wildman–Crippen LogP) is 1.85. The van der Waals surface area contributed by atoms with E-state index >= 15 is 0 Å². The number of nitrogens with one attached hydrogen (secondary N) is 1. The Kier molecular flexibility index (Phi) is 4.66. The number of hydrogen-bond donors (Lipinski definition) is 1. The number of amides is 1. The van der Waals surface area contributed by atoms with Gasteiger partial charge in [-0.2, -0.15) is 0 Å². The number of carbonyl (C=O) groups is 1. The lowest BCUT2D eigenvalue weighted by Crippen LogP contribution is -2.50. The van der Waals surface area contributed by atoms with Gasteiger partial charge in [0.25, 0.3) is 5.91 Å². The molecular formula is C14H19ClN2O2. The van der Waals surface area contributed by atoms with E-state index in [1.807, 2.05) is 17.9 Å². The van der Waals surface area contributed by atoms with E-state index in [-0.39, 0.29) is 5.91 Å². The minimum absolute atomic E-state index is 0.0362. The first-order chi connectivity index (χ1) is 9.08. The zero-order valence-electron chi connectivity index (χ0n) is 11.3. The van der Waals surface area contributed by atoms with Crippen LogP contribution in [0.15, 0.2) is 18.2 Å². The van der Waals surface area contributed by atoms with Crippen molar-refractivity contribution in [1.29, 1.82) is 0 Å². The molecule has 0 saturated carbocycles. The molecule has 1 aliphatic heterocycles. The van der Waals surface area contributed by atoms with Crippen LogP contribution in [0, 0.1) is 6.92 Å². The molecule has 0 aromatic heterocycles. The summed E-state index contributed by atoms with van der Waals surface area (Å²) in [5, 5.41) is 3.92. The van der Waals surface area contributed by atoms with Crippen molar-refractivity contribution in [2.24, 2.45) is 0 Å². The average molecular weight is 283 g/mol. The van der Waals surface area contributed by atoms with Gasteiger partial charge in [0.15, 0.2) is 6.10 Å². The van der Waals surface area contributed by atoms with Crippen LogP contribution in [0.3, 0.4) is 0 Å². The van der Waals surface area contributed by atoms with Crippen LogP contribution in [0.1, 0.15) is 12.5 Å². The van der Waals surface area contributed by atoms with Crippen molar-refractivity contribution in [3.05, 3.63) is 28.8 Å². The van der Waals surface area contributed by atoms with Gasteiger partial charge >= 0.3 is 0 Å². The molecule has 1 N–H and O–H groups in total. The summed E-state index contributed by atoms with van der Waals surface area (Å²) in [6.45, 7) is 6.88. The number of carbonyl (C=O) groups excluding carboxylic acids is 1. The Balaban J connectivity index is 1.97. The first kappa shape index (κ1) is 14.2. The van der Waals surface area contributed by atoms with Gasteiger partial charge in [-0.25, -0.2) is 0 Å². The van der Waals surface area contributed by atoms with E-state index in [1.165, 1.54) is 0 Å². The molecule has 0 bridgehead atoms. The lowest BCUT2D eigenvalue weighted by atomic mass is 10.2. The number of ether oxygens (including phenoxy) is 1. The van der Waals surface area contributed by atoms with E-state index in [1.54, 1.807) is 19.1 Å². The van der Waals surface area contributed by atoms with Gasteiger partial charge in [0, 0.05) is 31.2 Å². The smallest absolute Gasteiger partial charge is 0.263 e. The number of piperazine rings is 1. The fraction of sp³-hybridized carbons (Fsp3) is 0.500. The van der Waals surface area contributed by atoms with Crippen molar-refractivity contribution in [3.8, 4) is 5.75 Å². The molecule has 19 heavy (non-hydrogen) atoms. The molecule has 5 heteroatoms. The van der Waals surface area contributed by atoms with Crippen LogP contribution < -0.4 is 10.1 Å². The van der Waals surface area contributed by atoms with E-state index in [2.05, 4.69) is 5.32 Å². The molecule has 0 radical (unpaired) electrons. The maximum absolute atomic E-state index is 12.2. The van der Waals surface area contributed by atoms with Crippen LogP contribution in [0.25, 0.3) is 0 Å². The molecule has 1 aromatic rings. The average Bonchev–Trinajstić information content (AvgIpc) is 2.43. The number of rotatable bonds is 3. The number of halogens is 1. The van der Waals surface area contributed by atoms with Gasteiger partial charge in [0.1, 0.15) is 5.75 Å². The SMILES string of the molecule is Cc1cc(OC(C)C(=O)N2CCNCC2)ccc1Cl. The zero-order chi connectivity index (χ0) is 13.8. The topological polar surface area (TPSA) is 41.6 Å². The molecule has 1 unspecified atom stereocenters. The van der Waals surface area contributed by atoms with Crippen molar-refractivity contribution in [2.45, 2.75) is 20.0 Å². The molecule has 1 aliphatic rings. The Morgan fingerprint density at radius 3 is 2.74 bits per heavy atom. The van der Waals surface area contributed by atoms with E-state index in [4.69, 9.17) is 16.3 Å². The highest BCUT2D eigenvalue weighted by Crippen LogP contribution is 2.22. The van der Waals surface area contributed by atoms with Crippen molar-refractivity contribution in [3.63, 3.8) is 0 Å². The molecule has 0 spiro atoms. The van der Waals surface area contributed by atoms with Crippen LogP contribution in [-0.2, 0) is 4.79 Å². The second kappa shape index (κ2) is 6.26. The molecule has 4 nitrogen and oxygen atoms in total.